The van der Waals surface area contributed by atoms with Crippen LogP contribution in [0.5, 0.6) is 0 Å². The van der Waals surface area contributed by atoms with Crippen LogP contribution >= 0.6 is 11.3 Å². The van der Waals surface area contributed by atoms with Crippen molar-refractivity contribution in [1.29, 1.82) is 0 Å². The average Bonchev–Trinajstić information content (AvgIpc) is 3.50. The van der Waals surface area contributed by atoms with E-state index in [2.05, 4.69) is 32.2 Å². The van der Waals surface area contributed by atoms with Crippen LogP contribution in [-0.4, -0.2) is 38.1 Å². The zero-order valence-electron chi connectivity index (χ0n) is 16.0. The highest BCUT2D eigenvalue weighted by Crippen LogP contribution is 2.33. The van der Waals surface area contributed by atoms with Gasteiger partial charge in [0.1, 0.15) is 18.7 Å². The number of likely N-dealkylation sites (tertiary alicyclic amines) is 1. The van der Waals surface area contributed by atoms with Gasteiger partial charge in [0, 0.05) is 17.9 Å². The molecule has 150 valence electrons. The van der Waals surface area contributed by atoms with Crippen molar-refractivity contribution in [1.82, 2.24) is 19.7 Å². The highest BCUT2D eigenvalue weighted by atomic mass is 32.1. The van der Waals surface area contributed by atoms with Crippen molar-refractivity contribution in [3.8, 4) is 0 Å². The number of urea groups is 1. The lowest BCUT2D eigenvalue weighted by Crippen LogP contribution is -2.34. The Hall–Kier alpha value is -3.20. The number of carbonyl (C=O) groups is 2. The van der Waals surface area contributed by atoms with Crippen LogP contribution in [-0.2, 0) is 4.79 Å². The number of benzene rings is 1. The number of nitrogens with one attached hydrogen (secondary N) is 2. The van der Waals surface area contributed by atoms with Crippen LogP contribution in [0.25, 0.3) is 0 Å². The van der Waals surface area contributed by atoms with Crippen LogP contribution < -0.4 is 10.6 Å². The minimum Gasteiger partial charge on any atom is -0.324 e. The topological polar surface area (TPSA) is 92.2 Å². The molecule has 0 spiro atoms. The summed E-state index contributed by atoms with van der Waals surface area (Å²) in [7, 11) is 0. The van der Waals surface area contributed by atoms with Gasteiger partial charge in [-0.3, -0.25) is 4.79 Å². The van der Waals surface area contributed by atoms with Crippen molar-refractivity contribution in [3.05, 3.63) is 59.3 Å². The number of nitrogens with zero attached hydrogens (tertiary/aromatic N) is 4. The van der Waals surface area contributed by atoms with Crippen molar-refractivity contribution >= 4 is 34.6 Å². The average molecular weight is 411 g/mol. The lowest BCUT2D eigenvalue weighted by molar-refractivity contribution is -0.119. The molecule has 1 aromatic carbocycles. The van der Waals surface area contributed by atoms with E-state index in [1.54, 1.807) is 42.5 Å². The van der Waals surface area contributed by atoms with Crippen molar-refractivity contribution in [2.24, 2.45) is 0 Å². The zero-order valence-corrected chi connectivity index (χ0v) is 16.8. The van der Waals surface area contributed by atoms with Crippen molar-refractivity contribution < 1.29 is 9.59 Å². The third kappa shape index (κ3) is 4.29. The molecule has 2 N–H and O–H groups in total. The third-order valence-electron chi connectivity index (χ3n) is 5.06. The lowest BCUT2D eigenvalue weighted by atomic mass is 10.1. The fourth-order valence-corrected chi connectivity index (χ4v) is 4.14. The number of thiophene rings is 1. The molecule has 3 aromatic rings. The van der Waals surface area contributed by atoms with Gasteiger partial charge in [-0.1, -0.05) is 0 Å². The Morgan fingerprint density at radius 1 is 1.17 bits per heavy atom. The van der Waals surface area contributed by atoms with Gasteiger partial charge in [0.2, 0.25) is 5.91 Å². The van der Waals surface area contributed by atoms with E-state index in [-0.39, 0.29) is 18.0 Å². The molecule has 0 aliphatic carbocycles. The van der Waals surface area contributed by atoms with Crippen LogP contribution in [0.15, 0.2) is 53.7 Å². The molecule has 3 amide bonds. The largest absolute Gasteiger partial charge is 0.324 e. The number of hydrogen-bond donors (Lipinski definition) is 2. The standard InChI is InChI=1S/C20H22N6O2S/c1-14(26-13-21-12-22-26)19(27)23-16-4-6-17(7-5-16)24-20(28)25-9-2-3-18(25)15-8-10-29-11-15/h4-8,10-14,18H,2-3,9H2,1H3,(H,23,27)(H,24,28)/t14-,18-/m1/s1. The predicted molar refractivity (Wildman–Crippen MR) is 112 cm³/mol. The van der Waals surface area contributed by atoms with Gasteiger partial charge in [-0.25, -0.2) is 14.5 Å². The van der Waals surface area contributed by atoms with Gasteiger partial charge in [0.05, 0.1) is 6.04 Å². The van der Waals surface area contributed by atoms with Gasteiger partial charge in [-0.15, -0.1) is 0 Å². The zero-order chi connectivity index (χ0) is 20.2. The minimum absolute atomic E-state index is 0.102. The Kier molecular flexibility index (Phi) is 5.57. The van der Waals surface area contributed by atoms with Crippen LogP contribution in [0.3, 0.4) is 0 Å². The van der Waals surface area contributed by atoms with Gasteiger partial charge < -0.3 is 15.5 Å². The van der Waals surface area contributed by atoms with E-state index < -0.39 is 6.04 Å². The Bertz CT molecular complexity index is 956. The van der Waals surface area contributed by atoms with Crippen LogP contribution in [0.1, 0.15) is 37.4 Å². The van der Waals surface area contributed by atoms with Gasteiger partial charge in [-0.05, 0) is 66.4 Å². The fraction of sp³-hybridized carbons (Fsp3) is 0.300. The first-order chi connectivity index (χ1) is 14.1. The quantitative estimate of drug-likeness (QED) is 0.667. The second-order valence-electron chi connectivity index (χ2n) is 6.96. The van der Waals surface area contributed by atoms with E-state index in [1.165, 1.54) is 22.9 Å². The molecule has 4 rings (SSSR count). The van der Waals surface area contributed by atoms with Gasteiger partial charge >= 0.3 is 6.03 Å². The Morgan fingerprint density at radius 3 is 2.59 bits per heavy atom. The highest BCUT2D eigenvalue weighted by molar-refractivity contribution is 7.08. The van der Waals surface area contributed by atoms with E-state index in [9.17, 15) is 9.59 Å². The minimum atomic E-state index is -0.471. The lowest BCUT2D eigenvalue weighted by Gasteiger charge is -2.24. The van der Waals surface area contributed by atoms with E-state index >= 15 is 0 Å². The number of hydrogen-bond acceptors (Lipinski definition) is 5. The first-order valence-electron chi connectivity index (χ1n) is 9.46. The number of aromatic nitrogens is 3. The number of anilines is 2. The molecule has 2 aromatic heterocycles. The van der Waals surface area contributed by atoms with Gasteiger partial charge in [-0.2, -0.15) is 16.4 Å². The summed E-state index contributed by atoms with van der Waals surface area (Å²) in [6.45, 7) is 2.50. The maximum Gasteiger partial charge on any atom is 0.322 e. The summed E-state index contributed by atoms with van der Waals surface area (Å²) in [5.74, 6) is -0.192. The molecule has 1 fully saturated rings. The van der Waals surface area contributed by atoms with E-state index in [1.807, 2.05) is 10.3 Å². The number of rotatable bonds is 5. The molecule has 1 saturated heterocycles. The van der Waals surface area contributed by atoms with E-state index in [0.717, 1.165) is 19.4 Å². The van der Waals surface area contributed by atoms with Crippen LogP contribution in [0.2, 0.25) is 0 Å². The van der Waals surface area contributed by atoms with Crippen LogP contribution in [0.4, 0.5) is 16.2 Å². The summed E-state index contributed by atoms with van der Waals surface area (Å²) < 4.78 is 1.49. The molecule has 9 heteroatoms. The van der Waals surface area contributed by atoms with Crippen molar-refractivity contribution in [2.45, 2.75) is 31.8 Å². The molecule has 29 heavy (non-hydrogen) atoms. The van der Waals surface area contributed by atoms with Crippen molar-refractivity contribution in [2.75, 3.05) is 17.2 Å². The van der Waals surface area contributed by atoms with Crippen molar-refractivity contribution in [3.63, 3.8) is 0 Å². The summed E-state index contributed by atoms with van der Waals surface area (Å²) in [6.07, 6.45) is 4.89. The molecule has 3 heterocycles. The predicted octanol–water partition coefficient (Wildman–Crippen LogP) is 3.91. The first kappa shape index (κ1) is 19.1. The summed E-state index contributed by atoms with van der Waals surface area (Å²) in [5.41, 5.74) is 2.53. The second kappa shape index (κ2) is 8.44. The fourth-order valence-electron chi connectivity index (χ4n) is 3.44. The monoisotopic (exact) mass is 410 g/mol. The Labute approximate surface area is 172 Å². The molecular weight excluding hydrogens is 388 g/mol. The number of amides is 3. The third-order valence-corrected chi connectivity index (χ3v) is 5.76. The first-order valence-corrected chi connectivity index (χ1v) is 10.4. The normalized spacial score (nSPS) is 17.1. The highest BCUT2D eigenvalue weighted by Gasteiger charge is 2.30. The molecule has 1 aliphatic rings. The Morgan fingerprint density at radius 2 is 1.93 bits per heavy atom. The SMILES string of the molecule is C[C@H](C(=O)Nc1ccc(NC(=O)N2CCC[C@@H]2c2ccsc2)cc1)n1cncn1. The summed E-state index contributed by atoms with van der Waals surface area (Å²) in [6, 6.07) is 8.74. The Balaban J connectivity index is 1.35. The molecule has 0 unspecified atom stereocenters. The smallest absolute Gasteiger partial charge is 0.322 e. The van der Waals surface area contributed by atoms with E-state index in [0.29, 0.717) is 11.4 Å². The maximum atomic E-state index is 12.7. The number of carbonyl (C=O) groups excluding carboxylic acids is 2. The molecule has 0 radical (unpaired) electrons. The maximum absolute atomic E-state index is 12.7. The van der Waals surface area contributed by atoms with Gasteiger partial charge in [0.15, 0.2) is 0 Å². The van der Waals surface area contributed by atoms with Crippen LogP contribution in [0, 0.1) is 0 Å². The summed E-state index contributed by atoms with van der Waals surface area (Å²) in [5, 5.41) is 13.9. The molecule has 1 aliphatic heterocycles. The summed E-state index contributed by atoms with van der Waals surface area (Å²) >= 11 is 1.65. The molecule has 0 bridgehead atoms. The second-order valence-corrected chi connectivity index (χ2v) is 7.74. The molecule has 0 saturated carbocycles. The molecule has 8 nitrogen and oxygen atoms in total. The molecular formula is C20H22N6O2S. The van der Waals surface area contributed by atoms with Gasteiger partial charge in [0.25, 0.3) is 0 Å². The molecule has 2 atom stereocenters. The summed E-state index contributed by atoms with van der Waals surface area (Å²) in [4.78, 5) is 30.8. The van der Waals surface area contributed by atoms with E-state index in [4.69, 9.17) is 0 Å².